The van der Waals surface area contributed by atoms with Gasteiger partial charge in [0.2, 0.25) is 0 Å². The Labute approximate surface area is 103 Å². The summed E-state index contributed by atoms with van der Waals surface area (Å²) < 4.78 is 14.7. The molecule has 0 aromatic heterocycles. The molecular weight excluding hydrogens is 198 g/mol. The molecule has 0 saturated carbocycles. The summed E-state index contributed by atoms with van der Waals surface area (Å²) in [4.78, 5) is 8.35. The summed E-state index contributed by atoms with van der Waals surface area (Å²) in [6.45, 7) is 4.69. The Morgan fingerprint density at radius 1 is 1.38 bits per heavy atom. The van der Waals surface area contributed by atoms with E-state index in [4.69, 9.17) is 4.89 Å². The summed E-state index contributed by atoms with van der Waals surface area (Å²) in [5, 5.41) is 0. The van der Waals surface area contributed by atoms with Gasteiger partial charge in [-0.25, -0.2) is 0 Å². The van der Waals surface area contributed by atoms with Crippen molar-refractivity contribution >= 4 is 37.8 Å². The van der Waals surface area contributed by atoms with Crippen molar-refractivity contribution in [3.05, 3.63) is 0 Å². The van der Waals surface area contributed by atoms with Crippen molar-refractivity contribution in [1.29, 1.82) is 0 Å². The Bertz CT molecular complexity index is 133. The first-order valence-corrected chi connectivity index (χ1v) is 5.62. The van der Waals surface area contributed by atoms with E-state index in [1.54, 1.807) is 0 Å². The zero-order valence-corrected chi connectivity index (χ0v) is 11.7. The maximum Gasteiger partial charge on any atom is 0.694 e. The van der Waals surface area contributed by atoms with Crippen molar-refractivity contribution in [2.24, 2.45) is 5.92 Å². The molecule has 0 aromatic rings. The Hall–Kier alpha value is 1.02. The minimum atomic E-state index is -2.40. The van der Waals surface area contributed by atoms with Crippen molar-refractivity contribution in [2.45, 2.75) is 39.5 Å². The predicted molar refractivity (Wildman–Crippen MR) is 54.8 cm³/mol. The summed E-state index contributed by atoms with van der Waals surface area (Å²) in [6, 6.07) is 0. The van der Waals surface area contributed by atoms with Gasteiger partial charge in [-0.05, 0) is 12.3 Å². The van der Waals surface area contributed by atoms with Crippen molar-refractivity contribution in [3.8, 4) is 0 Å². The molecule has 0 aromatic carbocycles. The summed E-state index contributed by atoms with van der Waals surface area (Å²) in [7, 11) is -2.40. The monoisotopic (exact) mass is 216 g/mol. The van der Waals surface area contributed by atoms with Gasteiger partial charge in [0.25, 0.3) is 0 Å². The molecule has 2 atom stereocenters. The smallest absolute Gasteiger partial charge is 0.133 e. The molecule has 0 spiro atoms. The Morgan fingerprint density at radius 2 is 2.00 bits per heavy atom. The van der Waals surface area contributed by atoms with Crippen LogP contribution in [0.3, 0.4) is 0 Å². The molecule has 1 radical (unpaired) electrons. The molecule has 0 bridgehead atoms. The van der Waals surface area contributed by atoms with E-state index in [1.165, 1.54) is 12.8 Å². The third kappa shape index (κ3) is 10.9. The fraction of sp³-hybridized carbons (Fsp3) is 1.00. The fourth-order valence-corrected chi connectivity index (χ4v) is 1.52. The van der Waals surface area contributed by atoms with Gasteiger partial charge in [0, 0.05) is 34.1 Å². The molecule has 0 aliphatic rings. The molecule has 73 valence electrons. The van der Waals surface area contributed by atoms with Gasteiger partial charge in [0.05, 0.1) is 0 Å². The Balaban J connectivity index is 0. The summed E-state index contributed by atoms with van der Waals surface area (Å²) in [5.41, 5.74) is 0. The van der Waals surface area contributed by atoms with Crippen LogP contribution in [0.15, 0.2) is 0 Å². The van der Waals surface area contributed by atoms with Gasteiger partial charge in [-0.2, -0.15) is 0 Å². The fourth-order valence-electron chi connectivity index (χ4n) is 1.26. The van der Waals surface area contributed by atoms with Crippen molar-refractivity contribution in [2.75, 3.05) is 6.61 Å². The second-order valence-electron chi connectivity index (χ2n) is 2.92. The average Bonchev–Trinajstić information content (AvgIpc) is 2.02. The van der Waals surface area contributed by atoms with Crippen LogP contribution in [0.5, 0.6) is 0 Å². The van der Waals surface area contributed by atoms with Crippen LogP contribution in [-0.2, 0) is 9.09 Å². The molecule has 0 heterocycles. The molecule has 2 unspecified atom stereocenters. The molecule has 0 aliphatic carbocycles. The molecule has 0 rings (SSSR count). The first kappa shape index (κ1) is 16.4. The molecule has 13 heavy (non-hydrogen) atoms. The van der Waals surface area contributed by atoms with Gasteiger partial charge in [-0.15, -0.1) is 9.42 Å². The van der Waals surface area contributed by atoms with E-state index in [0.717, 1.165) is 12.8 Å². The van der Waals surface area contributed by atoms with E-state index in [0.29, 0.717) is 12.5 Å². The second-order valence-corrected chi connectivity index (χ2v) is 3.66. The quantitative estimate of drug-likeness (QED) is 0.525. The number of hydrogen-bond acceptors (Lipinski definition) is 2. The van der Waals surface area contributed by atoms with Gasteiger partial charge in [-0.3, -0.25) is 0 Å². The first-order chi connectivity index (χ1) is 5.70. The van der Waals surface area contributed by atoms with Crippen LogP contribution in [0.2, 0.25) is 0 Å². The SMILES string of the molecule is CCCC(CC)CCO[P+](=O)O.[Na]. The zero-order chi connectivity index (χ0) is 9.40. The van der Waals surface area contributed by atoms with Crippen molar-refractivity contribution in [3.63, 3.8) is 0 Å². The van der Waals surface area contributed by atoms with Crippen LogP contribution in [0, 0.1) is 5.92 Å². The van der Waals surface area contributed by atoms with Crippen LogP contribution < -0.4 is 0 Å². The van der Waals surface area contributed by atoms with Crippen LogP contribution in [-0.4, -0.2) is 41.1 Å². The molecule has 0 saturated heterocycles. The standard InChI is InChI=1S/C8H17O3P.Na/c1-3-5-8(4-2)6-7-11-12(9)10;/h8H,3-7H2,1-2H3;/p+1. The van der Waals surface area contributed by atoms with E-state index in [2.05, 4.69) is 18.4 Å². The normalized spacial score (nSPS) is 13.3. The largest absolute Gasteiger partial charge is 0.694 e. The van der Waals surface area contributed by atoms with E-state index < -0.39 is 8.25 Å². The summed E-state index contributed by atoms with van der Waals surface area (Å²) in [5.74, 6) is 0.643. The third-order valence-corrected chi connectivity index (χ3v) is 2.41. The topological polar surface area (TPSA) is 46.5 Å². The minimum Gasteiger partial charge on any atom is -0.133 e. The van der Waals surface area contributed by atoms with Gasteiger partial charge in [0.1, 0.15) is 6.61 Å². The molecule has 0 aliphatic heterocycles. The van der Waals surface area contributed by atoms with E-state index >= 15 is 0 Å². The minimum absolute atomic E-state index is 0. The van der Waals surface area contributed by atoms with Gasteiger partial charge < -0.3 is 0 Å². The second kappa shape index (κ2) is 11.1. The molecule has 3 nitrogen and oxygen atoms in total. The maximum absolute atomic E-state index is 10.2. The van der Waals surface area contributed by atoms with Crippen LogP contribution >= 0.6 is 8.25 Å². The number of hydrogen-bond donors (Lipinski definition) is 1. The van der Waals surface area contributed by atoms with Gasteiger partial charge >= 0.3 is 8.25 Å². The van der Waals surface area contributed by atoms with E-state index in [-0.39, 0.29) is 29.6 Å². The summed E-state index contributed by atoms with van der Waals surface area (Å²) >= 11 is 0. The third-order valence-electron chi connectivity index (χ3n) is 2.00. The van der Waals surface area contributed by atoms with E-state index in [1.807, 2.05) is 0 Å². The molecule has 0 fully saturated rings. The predicted octanol–water partition coefficient (Wildman–Crippen LogP) is 2.49. The van der Waals surface area contributed by atoms with Gasteiger partial charge in [-0.1, -0.05) is 33.1 Å². The van der Waals surface area contributed by atoms with Crippen LogP contribution in [0.25, 0.3) is 0 Å². The van der Waals surface area contributed by atoms with Crippen LogP contribution in [0.1, 0.15) is 39.5 Å². The zero-order valence-electron chi connectivity index (χ0n) is 8.82. The average molecular weight is 216 g/mol. The van der Waals surface area contributed by atoms with Gasteiger partial charge in [0.15, 0.2) is 0 Å². The Kier molecular flexibility index (Phi) is 14.0. The maximum atomic E-state index is 10.2. The first-order valence-electron chi connectivity index (χ1n) is 4.49. The number of rotatable bonds is 7. The van der Waals surface area contributed by atoms with Crippen molar-refractivity contribution in [1.82, 2.24) is 0 Å². The molecule has 0 amide bonds. The molecular formula is C8H18NaO3P+. The van der Waals surface area contributed by atoms with Crippen LogP contribution in [0.4, 0.5) is 0 Å². The molecule has 1 N–H and O–H groups in total. The molecule has 5 heteroatoms. The van der Waals surface area contributed by atoms with Crippen molar-refractivity contribution < 1.29 is 14.0 Å². The Morgan fingerprint density at radius 3 is 2.38 bits per heavy atom. The van der Waals surface area contributed by atoms with E-state index in [9.17, 15) is 4.57 Å². The summed E-state index contributed by atoms with van der Waals surface area (Å²) in [6.07, 6.45) is 4.37.